The van der Waals surface area contributed by atoms with Crippen LogP contribution in [-0.2, 0) is 0 Å². The molecule has 0 radical (unpaired) electrons. The standard InChI is InChI=1S/C32H16BN3O2S/c34-17-19-9-11-22-26(13-19)37-28-15-21(16-29-32(28)33(22)23-12-10-20(18-35)14-27(23)38-29)36-24-5-1-3-7-30(24)39-31-8-4-2-6-25(31)36/h1-16H. The molecule has 0 spiro atoms. The Bertz CT molecular complexity index is 1820. The molecular formula is C32H16BN3O2S. The average Bonchev–Trinajstić information content (AvgIpc) is 2.98. The number of para-hydroxylation sites is 2. The Morgan fingerprint density at radius 1 is 0.615 bits per heavy atom. The van der Waals surface area contributed by atoms with E-state index in [2.05, 4.69) is 65.6 Å². The largest absolute Gasteiger partial charge is 0.458 e. The molecule has 180 valence electrons. The van der Waals surface area contributed by atoms with Gasteiger partial charge in [-0.2, -0.15) is 10.5 Å². The van der Waals surface area contributed by atoms with Crippen LogP contribution >= 0.6 is 11.8 Å². The zero-order valence-electron chi connectivity index (χ0n) is 20.4. The number of ether oxygens (including phenoxy) is 2. The van der Waals surface area contributed by atoms with Crippen LogP contribution in [-0.4, -0.2) is 6.71 Å². The van der Waals surface area contributed by atoms with E-state index in [0.29, 0.717) is 34.1 Å². The molecule has 0 saturated heterocycles. The lowest BCUT2D eigenvalue weighted by molar-refractivity contribution is 0.464. The molecule has 39 heavy (non-hydrogen) atoms. The second kappa shape index (κ2) is 8.20. The highest BCUT2D eigenvalue weighted by molar-refractivity contribution is 7.99. The molecule has 5 aromatic rings. The van der Waals surface area contributed by atoms with Gasteiger partial charge >= 0.3 is 0 Å². The second-order valence-corrected chi connectivity index (χ2v) is 10.7. The number of nitrogens with zero attached hydrogens (tertiary/aromatic N) is 3. The van der Waals surface area contributed by atoms with E-state index in [1.54, 1.807) is 23.9 Å². The maximum atomic E-state index is 9.56. The van der Waals surface area contributed by atoms with E-state index >= 15 is 0 Å². The molecule has 0 atom stereocenters. The minimum Gasteiger partial charge on any atom is -0.458 e. The van der Waals surface area contributed by atoms with Crippen LogP contribution in [0, 0.1) is 22.7 Å². The lowest BCUT2D eigenvalue weighted by Crippen LogP contribution is -2.57. The monoisotopic (exact) mass is 517 g/mol. The third-order valence-electron chi connectivity index (χ3n) is 7.42. The van der Waals surface area contributed by atoms with E-state index in [0.717, 1.165) is 43.2 Å². The Kier molecular flexibility index (Phi) is 4.61. The van der Waals surface area contributed by atoms with E-state index in [1.807, 2.05) is 36.4 Å². The Hall–Kier alpha value is -5.11. The van der Waals surface area contributed by atoms with Gasteiger partial charge in [0.2, 0.25) is 0 Å². The summed E-state index contributed by atoms with van der Waals surface area (Å²) in [4.78, 5) is 4.56. The summed E-state index contributed by atoms with van der Waals surface area (Å²) >= 11 is 1.76. The lowest BCUT2D eigenvalue weighted by Gasteiger charge is -2.36. The number of hydrogen-bond acceptors (Lipinski definition) is 6. The molecule has 8 rings (SSSR count). The third kappa shape index (κ3) is 3.21. The van der Waals surface area contributed by atoms with E-state index in [9.17, 15) is 10.5 Å². The molecule has 0 unspecified atom stereocenters. The van der Waals surface area contributed by atoms with Crippen molar-refractivity contribution in [1.29, 1.82) is 10.5 Å². The predicted octanol–water partition coefficient (Wildman–Crippen LogP) is 6.09. The van der Waals surface area contributed by atoms with Gasteiger partial charge in [-0.25, -0.2) is 0 Å². The summed E-state index contributed by atoms with van der Waals surface area (Å²) in [6, 6.07) is 36.4. The molecule has 0 aliphatic carbocycles. The number of fused-ring (bicyclic) bond motifs is 6. The van der Waals surface area contributed by atoms with Gasteiger partial charge in [0.25, 0.3) is 6.71 Å². The fourth-order valence-electron chi connectivity index (χ4n) is 5.73. The molecule has 0 aromatic heterocycles. The predicted molar refractivity (Wildman–Crippen MR) is 152 cm³/mol. The Morgan fingerprint density at radius 2 is 1.13 bits per heavy atom. The van der Waals surface area contributed by atoms with Crippen LogP contribution in [0.25, 0.3) is 0 Å². The summed E-state index contributed by atoms with van der Waals surface area (Å²) in [5.74, 6) is 2.69. The van der Waals surface area contributed by atoms with Crippen molar-refractivity contribution < 1.29 is 9.47 Å². The molecular weight excluding hydrogens is 501 g/mol. The first-order chi connectivity index (χ1) is 19.2. The van der Waals surface area contributed by atoms with Gasteiger partial charge in [0.15, 0.2) is 0 Å². The number of hydrogen-bond donors (Lipinski definition) is 0. The van der Waals surface area contributed by atoms with Crippen molar-refractivity contribution in [3.05, 3.63) is 108 Å². The Labute approximate surface area is 229 Å². The van der Waals surface area contributed by atoms with Crippen molar-refractivity contribution in [1.82, 2.24) is 0 Å². The van der Waals surface area contributed by atoms with Crippen LogP contribution in [0.3, 0.4) is 0 Å². The Morgan fingerprint density at radius 3 is 1.64 bits per heavy atom. The summed E-state index contributed by atoms with van der Waals surface area (Å²) in [6.45, 7) is -0.145. The SMILES string of the molecule is N#Cc1ccc2c(c1)Oc1cc(N3c4ccccc4Sc4ccccc43)cc3c1B2c1ccc(C#N)cc1O3. The maximum absolute atomic E-state index is 9.56. The second-order valence-electron chi connectivity index (χ2n) is 9.59. The van der Waals surface area contributed by atoms with E-state index in [1.165, 1.54) is 0 Å². The first-order valence-electron chi connectivity index (χ1n) is 12.5. The zero-order valence-corrected chi connectivity index (χ0v) is 21.2. The highest BCUT2D eigenvalue weighted by atomic mass is 32.2. The van der Waals surface area contributed by atoms with Gasteiger partial charge in [-0.15, -0.1) is 0 Å². The third-order valence-corrected chi connectivity index (χ3v) is 8.55. The fraction of sp³-hybridized carbons (Fsp3) is 0. The molecule has 3 aliphatic heterocycles. The van der Waals surface area contributed by atoms with E-state index in [4.69, 9.17) is 9.47 Å². The first-order valence-corrected chi connectivity index (χ1v) is 13.3. The van der Waals surface area contributed by atoms with Gasteiger partial charge in [-0.1, -0.05) is 48.2 Å². The van der Waals surface area contributed by atoms with E-state index in [-0.39, 0.29) is 6.71 Å². The lowest BCUT2D eigenvalue weighted by atomic mass is 9.35. The number of rotatable bonds is 1. The summed E-state index contributed by atoms with van der Waals surface area (Å²) < 4.78 is 13.0. The van der Waals surface area contributed by atoms with Crippen molar-refractivity contribution in [3.63, 3.8) is 0 Å². The molecule has 0 fully saturated rings. The maximum Gasteiger partial charge on any atom is 0.260 e. The Balaban J connectivity index is 1.38. The van der Waals surface area contributed by atoms with Crippen LogP contribution in [0.15, 0.2) is 107 Å². The van der Waals surface area contributed by atoms with Crippen molar-refractivity contribution in [2.24, 2.45) is 0 Å². The molecule has 5 nitrogen and oxygen atoms in total. The van der Waals surface area contributed by atoms with E-state index < -0.39 is 0 Å². The van der Waals surface area contributed by atoms with Gasteiger partial charge in [0.05, 0.1) is 40.3 Å². The number of nitriles is 2. The topological polar surface area (TPSA) is 69.3 Å². The average molecular weight is 517 g/mol. The highest BCUT2D eigenvalue weighted by Crippen LogP contribution is 2.52. The molecule has 5 aromatic carbocycles. The van der Waals surface area contributed by atoms with Gasteiger partial charge in [0, 0.05) is 27.4 Å². The van der Waals surface area contributed by atoms with Gasteiger partial charge < -0.3 is 14.4 Å². The molecule has 0 N–H and O–H groups in total. The van der Waals surface area contributed by atoms with Gasteiger partial charge in [-0.05, 0) is 59.5 Å². The van der Waals surface area contributed by atoms with Crippen molar-refractivity contribution in [2.45, 2.75) is 9.79 Å². The van der Waals surface area contributed by atoms with Crippen LogP contribution in [0.1, 0.15) is 11.1 Å². The van der Waals surface area contributed by atoms with Crippen molar-refractivity contribution in [3.8, 4) is 35.1 Å². The molecule has 7 heteroatoms. The summed E-state index contributed by atoms with van der Waals surface area (Å²) in [7, 11) is 0. The molecule has 0 amide bonds. The highest BCUT2D eigenvalue weighted by Gasteiger charge is 2.41. The first kappa shape index (κ1) is 21.9. The van der Waals surface area contributed by atoms with Crippen LogP contribution in [0.2, 0.25) is 0 Å². The molecule has 3 aliphatic rings. The number of anilines is 3. The summed E-state index contributed by atoms with van der Waals surface area (Å²) in [5, 5.41) is 19.1. The fourth-order valence-corrected chi connectivity index (χ4v) is 6.79. The summed E-state index contributed by atoms with van der Waals surface area (Å²) in [5.41, 5.74) is 7.02. The van der Waals surface area contributed by atoms with Crippen LogP contribution in [0.5, 0.6) is 23.0 Å². The smallest absolute Gasteiger partial charge is 0.260 e. The normalized spacial score (nSPS) is 13.3. The molecule has 3 heterocycles. The van der Waals surface area contributed by atoms with Crippen molar-refractivity contribution in [2.75, 3.05) is 4.90 Å². The van der Waals surface area contributed by atoms with Gasteiger partial charge in [0.1, 0.15) is 23.0 Å². The summed E-state index contributed by atoms with van der Waals surface area (Å²) in [6.07, 6.45) is 0. The quantitative estimate of drug-likeness (QED) is 0.246. The minimum atomic E-state index is -0.145. The molecule has 0 bridgehead atoms. The molecule has 0 saturated carbocycles. The number of benzene rings is 5. The zero-order chi connectivity index (χ0) is 26.1. The van der Waals surface area contributed by atoms with Crippen molar-refractivity contribution >= 4 is 51.9 Å². The van der Waals surface area contributed by atoms with Crippen LogP contribution in [0.4, 0.5) is 17.1 Å². The van der Waals surface area contributed by atoms with Crippen LogP contribution < -0.4 is 30.8 Å². The minimum absolute atomic E-state index is 0.145. The van der Waals surface area contributed by atoms with Gasteiger partial charge in [-0.3, -0.25) is 0 Å².